The third-order valence-corrected chi connectivity index (χ3v) is 5.89. The van der Waals surface area contributed by atoms with Crippen molar-refractivity contribution in [2.24, 2.45) is 5.92 Å². The standard InChI is InChI=1S/C26H31N/c1-2-3-4-5-21-6-8-22(9-7-21)10-11-23-12-16-25(17-13-23)26-18-14-24(20-27)15-19-26/h6-11,14-15,18-19,23,25H,2-5,12-13,16-17H2,1H3. The van der Waals surface area contributed by atoms with Gasteiger partial charge in [-0.2, -0.15) is 5.26 Å². The van der Waals surface area contributed by atoms with Crippen molar-refractivity contribution in [1.29, 1.82) is 5.26 Å². The minimum absolute atomic E-state index is 0.657. The van der Waals surface area contributed by atoms with Crippen molar-refractivity contribution in [3.8, 4) is 6.07 Å². The third kappa shape index (κ3) is 5.83. The Morgan fingerprint density at radius 1 is 0.926 bits per heavy atom. The molecule has 0 N–H and O–H groups in total. The van der Waals surface area contributed by atoms with Crippen LogP contribution < -0.4 is 0 Å². The summed E-state index contributed by atoms with van der Waals surface area (Å²) in [5.74, 6) is 1.36. The van der Waals surface area contributed by atoms with Gasteiger partial charge in [-0.05, 0) is 79.2 Å². The van der Waals surface area contributed by atoms with Crippen molar-refractivity contribution in [3.05, 3.63) is 76.9 Å². The lowest BCUT2D eigenvalue weighted by atomic mass is 9.78. The number of rotatable bonds is 7. The van der Waals surface area contributed by atoms with Crippen molar-refractivity contribution in [3.63, 3.8) is 0 Å². The Labute approximate surface area is 164 Å². The molecule has 2 aromatic rings. The van der Waals surface area contributed by atoms with Crippen LogP contribution in [0.15, 0.2) is 54.6 Å². The molecule has 0 unspecified atom stereocenters. The minimum atomic E-state index is 0.657. The molecule has 1 aliphatic rings. The highest BCUT2D eigenvalue weighted by molar-refractivity contribution is 5.50. The SMILES string of the molecule is CCCCCc1ccc(C=CC2CCC(c3ccc(C#N)cc3)CC2)cc1. The van der Waals surface area contributed by atoms with Gasteiger partial charge in [0.1, 0.15) is 0 Å². The second-order valence-corrected chi connectivity index (χ2v) is 7.90. The van der Waals surface area contributed by atoms with Gasteiger partial charge in [-0.3, -0.25) is 0 Å². The van der Waals surface area contributed by atoms with E-state index in [0.29, 0.717) is 11.8 Å². The number of unbranched alkanes of at least 4 members (excludes halogenated alkanes) is 2. The van der Waals surface area contributed by atoms with Crippen LogP contribution >= 0.6 is 0 Å². The van der Waals surface area contributed by atoms with Gasteiger partial charge >= 0.3 is 0 Å². The molecule has 0 heterocycles. The van der Waals surface area contributed by atoms with Crippen LogP contribution in [-0.2, 0) is 6.42 Å². The van der Waals surface area contributed by atoms with Crippen LogP contribution in [0.2, 0.25) is 0 Å². The van der Waals surface area contributed by atoms with E-state index in [-0.39, 0.29) is 0 Å². The Balaban J connectivity index is 1.47. The van der Waals surface area contributed by atoms with E-state index in [9.17, 15) is 0 Å². The topological polar surface area (TPSA) is 23.8 Å². The van der Waals surface area contributed by atoms with Crippen molar-refractivity contribution >= 4 is 6.08 Å². The second kappa shape index (κ2) is 10.1. The van der Waals surface area contributed by atoms with Crippen LogP contribution in [0.1, 0.15) is 80.0 Å². The van der Waals surface area contributed by atoms with Crippen LogP contribution in [0.4, 0.5) is 0 Å². The largest absolute Gasteiger partial charge is 0.192 e. The summed E-state index contributed by atoms with van der Waals surface area (Å²) in [6.45, 7) is 2.26. The first-order chi connectivity index (χ1) is 13.3. The minimum Gasteiger partial charge on any atom is -0.192 e. The maximum absolute atomic E-state index is 8.93. The highest BCUT2D eigenvalue weighted by Crippen LogP contribution is 2.36. The van der Waals surface area contributed by atoms with E-state index >= 15 is 0 Å². The summed E-state index contributed by atoms with van der Waals surface area (Å²) < 4.78 is 0. The molecule has 0 spiro atoms. The number of allylic oxidation sites excluding steroid dienone is 1. The molecule has 0 aromatic heterocycles. The zero-order valence-electron chi connectivity index (χ0n) is 16.5. The van der Waals surface area contributed by atoms with Crippen LogP contribution in [0, 0.1) is 17.2 Å². The first-order valence-electron chi connectivity index (χ1n) is 10.6. The summed E-state index contributed by atoms with van der Waals surface area (Å²) in [6, 6.07) is 19.5. The molecule has 1 fully saturated rings. The van der Waals surface area contributed by atoms with Crippen molar-refractivity contribution in [2.45, 2.75) is 64.2 Å². The fourth-order valence-electron chi connectivity index (χ4n) is 4.10. The first-order valence-corrected chi connectivity index (χ1v) is 10.6. The summed E-state index contributed by atoms with van der Waals surface area (Å²) in [5.41, 5.74) is 4.94. The monoisotopic (exact) mass is 357 g/mol. The van der Waals surface area contributed by atoms with Crippen molar-refractivity contribution in [2.75, 3.05) is 0 Å². The van der Waals surface area contributed by atoms with E-state index < -0.39 is 0 Å². The van der Waals surface area contributed by atoms with Crippen molar-refractivity contribution in [1.82, 2.24) is 0 Å². The van der Waals surface area contributed by atoms with Gasteiger partial charge in [0, 0.05) is 0 Å². The molecular formula is C26H31N. The molecule has 140 valence electrons. The van der Waals surface area contributed by atoms with Gasteiger partial charge in [0.15, 0.2) is 0 Å². The number of hydrogen-bond donors (Lipinski definition) is 0. The highest BCUT2D eigenvalue weighted by atomic mass is 14.3. The molecule has 0 radical (unpaired) electrons. The Morgan fingerprint density at radius 2 is 1.63 bits per heavy atom. The van der Waals surface area contributed by atoms with E-state index in [0.717, 1.165) is 5.56 Å². The van der Waals surface area contributed by atoms with Gasteiger partial charge in [-0.25, -0.2) is 0 Å². The molecule has 0 aliphatic heterocycles. The summed E-state index contributed by atoms with van der Waals surface area (Å²) in [4.78, 5) is 0. The van der Waals surface area contributed by atoms with E-state index in [4.69, 9.17) is 5.26 Å². The lowest BCUT2D eigenvalue weighted by Crippen LogP contribution is -2.11. The van der Waals surface area contributed by atoms with E-state index in [1.165, 1.54) is 68.1 Å². The van der Waals surface area contributed by atoms with Gasteiger partial charge in [0.2, 0.25) is 0 Å². The summed E-state index contributed by atoms with van der Waals surface area (Å²) in [5, 5.41) is 8.93. The van der Waals surface area contributed by atoms with Gasteiger partial charge in [0.05, 0.1) is 11.6 Å². The predicted octanol–water partition coefficient (Wildman–Crippen LogP) is 7.28. The molecule has 0 saturated heterocycles. The molecule has 1 heteroatoms. The van der Waals surface area contributed by atoms with E-state index in [2.05, 4.69) is 61.5 Å². The number of benzene rings is 2. The molecule has 2 aromatic carbocycles. The predicted molar refractivity (Wildman–Crippen MR) is 115 cm³/mol. The molecular weight excluding hydrogens is 326 g/mol. The molecule has 1 nitrogen and oxygen atoms in total. The quantitative estimate of drug-likeness (QED) is 0.478. The lowest BCUT2D eigenvalue weighted by molar-refractivity contribution is 0.377. The normalized spacial score (nSPS) is 19.9. The third-order valence-electron chi connectivity index (χ3n) is 5.89. The Kier molecular flexibility index (Phi) is 7.28. The molecule has 1 saturated carbocycles. The Bertz CT molecular complexity index is 753. The fourth-order valence-corrected chi connectivity index (χ4v) is 4.10. The van der Waals surface area contributed by atoms with Gasteiger partial charge in [-0.15, -0.1) is 0 Å². The first kappa shape index (κ1) is 19.4. The summed E-state index contributed by atoms with van der Waals surface area (Å²) in [6.07, 6.45) is 14.9. The maximum Gasteiger partial charge on any atom is 0.0991 e. The molecule has 0 bridgehead atoms. The van der Waals surface area contributed by atoms with Crippen LogP contribution in [0.3, 0.4) is 0 Å². The zero-order chi connectivity index (χ0) is 18.9. The zero-order valence-corrected chi connectivity index (χ0v) is 16.5. The molecule has 0 atom stereocenters. The van der Waals surface area contributed by atoms with Gasteiger partial charge in [0.25, 0.3) is 0 Å². The highest BCUT2D eigenvalue weighted by Gasteiger charge is 2.20. The van der Waals surface area contributed by atoms with Gasteiger partial charge < -0.3 is 0 Å². The molecule has 1 aliphatic carbocycles. The number of nitriles is 1. The van der Waals surface area contributed by atoms with E-state index in [1.54, 1.807) is 0 Å². The smallest absolute Gasteiger partial charge is 0.0991 e. The second-order valence-electron chi connectivity index (χ2n) is 7.90. The summed E-state index contributed by atoms with van der Waals surface area (Å²) >= 11 is 0. The van der Waals surface area contributed by atoms with Crippen LogP contribution in [0.5, 0.6) is 0 Å². The average molecular weight is 358 g/mol. The maximum atomic E-state index is 8.93. The number of aryl methyl sites for hydroxylation is 1. The number of hydrogen-bond acceptors (Lipinski definition) is 1. The summed E-state index contributed by atoms with van der Waals surface area (Å²) in [7, 11) is 0. The Hall–Kier alpha value is -2.33. The molecule has 3 rings (SSSR count). The Morgan fingerprint density at radius 3 is 2.26 bits per heavy atom. The van der Waals surface area contributed by atoms with Gasteiger partial charge in [-0.1, -0.05) is 68.3 Å². The lowest BCUT2D eigenvalue weighted by Gasteiger charge is -2.27. The van der Waals surface area contributed by atoms with Crippen molar-refractivity contribution < 1.29 is 0 Å². The van der Waals surface area contributed by atoms with Crippen LogP contribution in [-0.4, -0.2) is 0 Å². The molecule has 27 heavy (non-hydrogen) atoms. The number of nitrogens with zero attached hydrogens (tertiary/aromatic N) is 1. The average Bonchev–Trinajstić information content (AvgIpc) is 2.74. The molecule has 0 amide bonds. The van der Waals surface area contributed by atoms with E-state index in [1.807, 2.05) is 12.1 Å². The fraction of sp³-hybridized carbons (Fsp3) is 0.423. The van der Waals surface area contributed by atoms with Crippen LogP contribution in [0.25, 0.3) is 6.08 Å².